The number of rotatable bonds is 6. The summed E-state index contributed by atoms with van der Waals surface area (Å²) in [6, 6.07) is 9.29. The van der Waals surface area contributed by atoms with Crippen LogP contribution < -0.4 is 10.6 Å². The molecule has 1 unspecified atom stereocenters. The highest BCUT2D eigenvalue weighted by atomic mass is 127. The van der Waals surface area contributed by atoms with Crippen molar-refractivity contribution in [3.05, 3.63) is 35.4 Å². The fraction of sp³-hybridized carbons (Fsp3) is 0.588. The Kier molecular flexibility index (Phi) is 9.97. The average Bonchev–Trinajstić information content (AvgIpc) is 2.57. The minimum atomic E-state index is 0. The number of hydrogen-bond acceptors (Lipinski definition) is 3. The summed E-state index contributed by atoms with van der Waals surface area (Å²) in [4.78, 5) is 6.83. The van der Waals surface area contributed by atoms with Gasteiger partial charge in [0.25, 0.3) is 0 Å². The molecule has 1 aliphatic rings. The van der Waals surface area contributed by atoms with E-state index in [-0.39, 0.29) is 24.0 Å². The average molecular weight is 448 g/mol. The molecule has 130 valence electrons. The van der Waals surface area contributed by atoms with Gasteiger partial charge in [-0.25, -0.2) is 0 Å². The first-order chi connectivity index (χ1) is 10.7. The summed E-state index contributed by atoms with van der Waals surface area (Å²) < 4.78 is 0. The second-order valence-corrected chi connectivity index (χ2v) is 6.70. The summed E-state index contributed by atoms with van der Waals surface area (Å²) in [6.45, 7) is 6.35. The summed E-state index contributed by atoms with van der Waals surface area (Å²) in [5, 5.41) is 6.78. The second-order valence-electron chi connectivity index (χ2n) is 5.71. The van der Waals surface area contributed by atoms with Crippen LogP contribution in [0.5, 0.6) is 0 Å². The maximum atomic E-state index is 4.28. The van der Waals surface area contributed by atoms with Crippen LogP contribution in [0.3, 0.4) is 0 Å². The first-order valence-electron chi connectivity index (χ1n) is 7.99. The molecule has 0 fully saturated rings. The largest absolute Gasteiger partial charge is 0.356 e. The zero-order chi connectivity index (χ0) is 15.8. The zero-order valence-electron chi connectivity index (χ0n) is 14.3. The number of guanidine groups is 1. The van der Waals surface area contributed by atoms with Crippen molar-refractivity contribution >= 4 is 41.7 Å². The molecule has 4 nitrogen and oxygen atoms in total. The predicted octanol–water partition coefficient (Wildman–Crippen LogP) is 2.58. The third-order valence-electron chi connectivity index (χ3n) is 4.17. The van der Waals surface area contributed by atoms with Gasteiger partial charge in [-0.3, -0.25) is 9.89 Å². The van der Waals surface area contributed by atoms with E-state index in [0.29, 0.717) is 6.04 Å². The molecule has 2 rings (SSSR count). The van der Waals surface area contributed by atoms with Gasteiger partial charge in [0.05, 0.1) is 0 Å². The topological polar surface area (TPSA) is 39.7 Å². The number of benzene rings is 1. The van der Waals surface area contributed by atoms with E-state index in [1.807, 2.05) is 18.8 Å². The molecule has 0 aliphatic carbocycles. The maximum Gasteiger partial charge on any atom is 0.191 e. The van der Waals surface area contributed by atoms with Crippen molar-refractivity contribution in [2.24, 2.45) is 4.99 Å². The Bertz CT molecular complexity index is 495. The lowest BCUT2D eigenvalue weighted by molar-refractivity contribution is 0.191. The van der Waals surface area contributed by atoms with Crippen LogP contribution in [-0.4, -0.2) is 55.6 Å². The number of halogens is 1. The zero-order valence-corrected chi connectivity index (χ0v) is 17.5. The van der Waals surface area contributed by atoms with E-state index < -0.39 is 0 Å². The second kappa shape index (κ2) is 11.1. The van der Waals surface area contributed by atoms with E-state index >= 15 is 0 Å². The highest BCUT2D eigenvalue weighted by Gasteiger charge is 2.20. The first-order valence-corrected chi connectivity index (χ1v) is 9.38. The van der Waals surface area contributed by atoms with Crippen LogP contribution in [0.4, 0.5) is 0 Å². The van der Waals surface area contributed by atoms with E-state index in [0.717, 1.165) is 44.3 Å². The van der Waals surface area contributed by atoms with Crippen molar-refractivity contribution in [2.75, 3.05) is 38.7 Å². The molecule has 1 aromatic rings. The molecule has 6 heteroatoms. The van der Waals surface area contributed by atoms with E-state index in [4.69, 9.17) is 0 Å². The summed E-state index contributed by atoms with van der Waals surface area (Å²) in [6.07, 6.45) is 3.27. The fourth-order valence-corrected chi connectivity index (χ4v) is 3.07. The molecule has 1 aliphatic heterocycles. The third kappa shape index (κ3) is 6.51. The highest BCUT2D eigenvalue weighted by molar-refractivity contribution is 14.0. The van der Waals surface area contributed by atoms with Crippen molar-refractivity contribution in [3.63, 3.8) is 0 Å². The van der Waals surface area contributed by atoms with E-state index in [2.05, 4.69) is 58.0 Å². The summed E-state index contributed by atoms with van der Waals surface area (Å²) in [7, 11) is 1.83. The van der Waals surface area contributed by atoms with Gasteiger partial charge in [-0.2, -0.15) is 11.8 Å². The van der Waals surface area contributed by atoms with Gasteiger partial charge in [-0.1, -0.05) is 24.3 Å². The van der Waals surface area contributed by atoms with Crippen molar-refractivity contribution in [1.29, 1.82) is 0 Å². The van der Waals surface area contributed by atoms with Gasteiger partial charge >= 0.3 is 0 Å². The number of fused-ring (bicyclic) bond motifs is 1. The van der Waals surface area contributed by atoms with Gasteiger partial charge in [0.15, 0.2) is 5.96 Å². The van der Waals surface area contributed by atoms with Crippen LogP contribution in [-0.2, 0) is 13.0 Å². The van der Waals surface area contributed by atoms with Gasteiger partial charge in [0.2, 0.25) is 0 Å². The molecule has 0 bridgehead atoms. The lowest BCUT2D eigenvalue weighted by Gasteiger charge is -2.34. The monoisotopic (exact) mass is 448 g/mol. The van der Waals surface area contributed by atoms with Crippen molar-refractivity contribution in [3.8, 4) is 0 Å². The Balaban J connectivity index is 0.00000264. The smallest absolute Gasteiger partial charge is 0.191 e. The molecule has 0 radical (unpaired) electrons. The molecular formula is C17H29IN4S. The first kappa shape index (κ1) is 20.6. The minimum Gasteiger partial charge on any atom is -0.356 e. The molecule has 0 saturated carbocycles. The van der Waals surface area contributed by atoms with Crippen LogP contribution >= 0.6 is 35.7 Å². The van der Waals surface area contributed by atoms with Gasteiger partial charge in [0.1, 0.15) is 0 Å². The molecule has 1 heterocycles. The van der Waals surface area contributed by atoms with E-state index in [9.17, 15) is 0 Å². The summed E-state index contributed by atoms with van der Waals surface area (Å²) in [5.41, 5.74) is 2.98. The molecule has 0 aromatic heterocycles. The van der Waals surface area contributed by atoms with Gasteiger partial charge in [0, 0.05) is 45.0 Å². The Labute approximate surface area is 161 Å². The van der Waals surface area contributed by atoms with E-state index in [1.165, 1.54) is 11.1 Å². The molecule has 0 spiro atoms. The number of hydrogen-bond donors (Lipinski definition) is 2. The van der Waals surface area contributed by atoms with Gasteiger partial charge in [-0.15, -0.1) is 24.0 Å². The van der Waals surface area contributed by atoms with Crippen LogP contribution in [0.2, 0.25) is 0 Å². The quantitative estimate of drug-likeness (QED) is 0.304. The van der Waals surface area contributed by atoms with Crippen LogP contribution in [0.25, 0.3) is 0 Å². The van der Waals surface area contributed by atoms with Crippen molar-refractivity contribution in [1.82, 2.24) is 15.5 Å². The SMILES string of the molecule is CN=C(NCCSC)NCC(C)N1CCc2ccccc2C1.I. The maximum absolute atomic E-state index is 4.28. The Morgan fingerprint density at radius 1 is 1.30 bits per heavy atom. The van der Waals surface area contributed by atoms with Crippen LogP contribution in [0.1, 0.15) is 18.1 Å². The Morgan fingerprint density at radius 3 is 2.74 bits per heavy atom. The lowest BCUT2D eigenvalue weighted by Crippen LogP contribution is -2.47. The standard InChI is InChI=1S/C17H28N4S.HI/c1-14(12-20-17(18-2)19-9-11-22-3)21-10-8-15-6-4-5-7-16(15)13-21;/h4-7,14H,8-13H2,1-3H3,(H2,18,19,20);1H. The normalized spacial score (nSPS) is 16.2. The third-order valence-corrected chi connectivity index (χ3v) is 4.78. The number of nitrogens with one attached hydrogen (secondary N) is 2. The minimum absolute atomic E-state index is 0. The highest BCUT2D eigenvalue weighted by Crippen LogP contribution is 2.19. The van der Waals surface area contributed by atoms with Gasteiger partial charge in [-0.05, 0) is 30.7 Å². The Morgan fingerprint density at radius 2 is 2.04 bits per heavy atom. The number of thioether (sulfide) groups is 1. The molecular weight excluding hydrogens is 419 g/mol. The fourth-order valence-electron chi connectivity index (χ4n) is 2.76. The van der Waals surface area contributed by atoms with E-state index in [1.54, 1.807) is 0 Å². The summed E-state index contributed by atoms with van der Waals surface area (Å²) in [5.74, 6) is 2.00. The van der Waals surface area contributed by atoms with Gasteiger partial charge < -0.3 is 10.6 Å². The molecule has 1 atom stereocenters. The summed E-state index contributed by atoms with van der Waals surface area (Å²) >= 11 is 1.84. The number of nitrogens with zero attached hydrogens (tertiary/aromatic N) is 2. The van der Waals surface area contributed by atoms with Crippen molar-refractivity contribution in [2.45, 2.75) is 25.9 Å². The molecule has 2 N–H and O–H groups in total. The molecule has 0 saturated heterocycles. The number of aliphatic imine (C=N–C) groups is 1. The Hall–Kier alpha value is -0.470. The van der Waals surface area contributed by atoms with Crippen LogP contribution in [0, 0.1) is 0 Å². The molecule has 0 amide bonds. The van der Waals surface area contributed by atoms with Crippen molar-refractivity contribution < 1.29 is 0 Å². The van der Waals surface area contributed by atoms with Crippen LogP contribution in [0.15, 0.2) is 29.3 Å². The molecule has 1 aromatic carbocycles. The predicted molar refractivity (Wildman–Crippen MR) is 113 cm³/mol. The lowest BCUT2D eigenvalue weighted by atomic mass is 9.99. The molecule has 23 heavy (non-hydrogen) atoms.